The number of hydrogen-bond acceptors (Lipinski definition) is 9. The van der Waals surface area contributed by atoms with Crippen LogP contribution in [0.3, 0.4) is 0 Å². The van der Waals surface area contributed by atoms with Gasteiger partial charge in [-0.25, -0.2) is 0 Å². The summed E-state index contributed by atoms with van der Waals surface area (Å²) in [7, 11) is 0. The van der Waals surface area contributed by atoms with Gasteiger partial charge in [-0.1, -0.05) is 56.2 Å². The van der Waals surface area contributed by atoms with Gasteiger partial charge in [-0.2, -0.15) is 0 Å². The van der Waals surface area contributed by atoms with Crippen molar-refractivity contribution in [3.05, 3.63) is 29.3 Å². The first-order chi connectivity index (χ1) is 24.1. The van der Waals surface area contributed by atoms with Crippen LogP contribution in [0.1, 0.15) is 107 Å². The Labute approximate surface area is 294 Å². The van der Waals surface area contributed by atoms with Crippen molar-refractivity contribution in [2.45, 2.75) is 166 Å². The van der Waals surface area contributed by atoms with Crippen LogP contribution in [0.2, 0.25) is 0 Å². The fraction of sp³-hybridized carbons (Fsp3) is 0.850. The molecule has 17 unspecified atom stereocenters. The van der Waals surface area contributed by atoms with Gasteiger partial charge >= 0.3 is 0 Å². The molecule has 0 radical (unpaired) electrons. The van der Waals surface area contributed by atoms with Crippen LogP contribution >= 0.6 is 0 Å². The van der Waals surface area contributed by atoms with Crippen molar-refractivity contribution >= 4 is 0 Å². The molecule has 8 bridgehead atoms. The van der Waals surface area contributed by atoms with Gasteiger partial charge in [-0.05, 0) is 131 Å². The van der Waals surface area contributed by atoms with Crippen molar-refractivity contribution < 1.29 is 4.74 Å². The van der Waals surface area contributed by atoms with Gasteiger partial charge in [0.25, 0.3) is 0 Å². The Balaban J connectivity index is 0.958. The molecule has 0 spiro atoms. The van der Waals surface area contributed by atoms with Crippen molar-refractivity contribution in [3.8, 4) is 5.75 Å². The third-order valence-electron chi connectivity index (χ3n) is 15.5. The van der Waals surface area contributed by atoms with Crippen LogP contribution in [0.4, 0.5) is 0 Å². The molecular weight excluding hydrogens is 608 g/mol. The summed E-state index contributed by atoms with van der Waals surface area (Å²) in [4.78, 5) is 0. The first-order valence-electron chi connectivity index (χ1n) is 20.9. The zero-order valence-corrected chi connectivity index (χ0v) is 30.1. The number of benzene rings is 1. The van der Waals surface area contributed by atoms with Gasteiger partial charge in [0, 0.05) is 0 Å². The average molecular weight is 673 g/mol. The fourth-order valence-corrected chi connectivity index (χ4v) is 13.2. The van der Waals surface area contributed by atoms with E-state index in [-0.39, 0.29) is 12.3 Å². The highest BCUT2D eigenvalue weighted by molar-refractivity contribution is 5.36. The van der Waals surface area contributed by atoms with Gasteiger partial charge in [0.05, 0.1) is 55.4 Å². The van der Waals surface area contributed by atoms with Gasteiger partial charge in [0.2, 0.25) is 0 Å². The molecule has 17 atom stereocenters. The minimum absolute atomic E-state index is 0.265. The molecule has 5 saturated heterocycles. The number of aryl methyl sites for hydroxylation is 2. The summed E-state index contributed by atoms with van der Waals surface area (Å²) in [5, 5.41) is 34.0. The molecule has 10 rings (SSSR count). The normalized spacial score (nSPS) is 50.6. The SMILES string of the molecule is Cc1ccc(OC2CCC3C4NC5NC(NC6NC(NC7NC(NC(N4)C3C2)C2CCCCC72)C2CCCCC62)C2CCCCC52)c(C)c1. The third-order valence-corrected chi connectivity index (χ3v) is 15.5. The number of ether oxygens (including phenoxy) is 1. The molecule has 8 N–H and O–H groups in total. The average Bonchev–Trinajstić information content (AvgIpc) is 3.85. The molecule has 4 saturated carbocycles. The molecule has 270 valence electrons. The zero-order chi connectivity index (χ0) is 32.6. The topological polar surface area (TPSA) is 105 Å². The number of fused-ring (bicyclic) bond motifs is 20. The smallest absolute Gasteiger partial charge is 0.122 e. The molecule has 9 heteroatoms. The lowest BCUT2D eigenvalue weighted by molar-refractivity contribution is 0.0775. The minimum atomic E-state index is 0.265. The highest BCUT2D eigenvalue weighted by Gasteiger charge is 2.55. The van der Waals surface area contributed by atoms with Crippen LogP contribution in [0, 0.1) is 61.2 Å². The second kappa shape index (κ2) is 13.3. The van der Waals surface area contributed by atoms with E-state index in [9.17, 15) is 0 Å². The Bertz CT molecular complexity index is 1340. The molecule has 5 aliphatic heterocycles. The minimum Gasteiger partial charge on any atom is -0.490 e. The molecule has 1 aromatic carbocycles. The second-order valence-corrected chi connectivity index (χ2v) is 18.1. The van der Waals surface area contributed by atoms with E-state index in [0.717, 1.165) is 24.5 Å². The van der Waals surface area contributed by atoms with E-state index in [0.29, 0.717) is 84.6 Å². The van der Waals surface area contributed by atoms with E-state index in [1.165, 1.54) is 94.6 Å². The Morgan fingerprint density at radius 1 is 0.429 bits per heavy atom. The number of nitrogens with one attached hydrogen (secondary N) is 8. The summed E-state index contributed by atoms with van der Waals surface area (Å²) in [6.45, 7) is 4.38. The van der Waals surface area contributed by atoms with Crippen LogP contribution < -0.4 is 47.3 Å². The predicted octanol–water partition coefficient (Wildman–Crippen LogP) is 4.28. The van der Waals surface area contributed by atoms with Gasteiger partial charge < -0.3 is 4.74 Å². The number of hydrogen-bond donors (Lipinski definition) is 8. The monoisotopic (exact) mass is 673 g/mol. The van der Waals surface area contributed by atoms with Crippen molar-refractivity contribution in [1.29, 1.82) is 0 Å². The summed E-state index contributed by atoms with van der Waals surface area (Å²) >= 11 is 0. The third kappa shape index (κ3) is 5.91. The Morgan fingerprint density at radius 2 is 0.776 bits per heavy atom. The molecule has 0 aromatic heterocycles. The molecule has 9 fully saturated rings. The second-order valence-electron chi connectivity index (χ2n) is 18.1. The molecule has 0 amide bonds. The number of rotatable bonds is 2. The maximum absolute atomic E-state index is 6.82. The van der Waals surface area contributed by atoms with E-state index in [1.807, 2.05) is 0 Å². The summed E-state index contributed by atoms with van der Waals surface area (Å²) in [5.74, 6) is 6.40. The molecule has 4 aliphatic carbocycles. The van der Waals surface area contributed by atoms with E-state index in [1.54, 1.807) is 0 Å². The zero-order valence-electron chi connectivity index (χ0n) is 30.1. The largest absolute Gasteiger partial charge is 0.490 e. The molecule has 9 nitrogen and oxygen atoms in total. The summed E-state index contributed by atoms with van der Waals surface area (Å²) in [6.07, 6.45) is 22.8. The van der Waals surface area contributed by atoms with Crippen LogP contribution in [0.15, 0.2) is 18.2 Å². The summed E-state index contributed by atoms with van der Waals surface area (Å²) in [6, 6.07) is 6.67. The molecule has 49 heavy (non-hydrogen) atoms. The van der Waals surface area contributed by atoms with Crippen molar-refractivity contribution in [3.63, 3.8) is 0 Å². The van der Waals surface area contributed by atoms with Crippen LogP contribution in [0.25, 0.3) is 0 Å². The Kier molecular flexibility index (Phi) is 8.77. The summed E-state index contributed by atoms with van der Waals surface area (Å²) < 4.78 is 6.82. The molecule has 5 heterocycles. The first-order valence-corrected chi connectivity index (χ1v) is 20.9. The fourth-order valence-electron chi connectivity index (χ4n) is 13.2. The van der Waals surface area contributed by atoms with Crippen molar-refractivity contribution in [1.82, 2.24) is 42.5 Å². The van der Waals surface area contributed by atoms with Crippen LogP contribution in [-0.4, -0.2) is 55.4 Å². The Hall–Kier alpha value is -1.30. The van der Waals surface area contributed by atoms with Gasteiger partial charge in [-0.3, -0.25) is 42.5 Å². The van der Waals surface area contributed by atoms with E-state index < -0.39 is 0 Å². The maximum atomic E-state index is 6.82. The highest BCUT2D eigenvalue weighted by atomic mass is 16.5. The molecule has 9 aliphatic rings. The van der Waals surface area contributed by atoms with Crippen molar-refractivity contribution in [2.24, 2.45) is 47.3 Å². The lowest BCUT2D eigenvalue weighted by atomic mass is 9.76. The Morgan fingerprint density at radius 3 is 1.14 bits per heavy atom. The van der Waals surface area contributed by atoms with Crippen LogP contribution in [-0.2, 0) is 0 Å². The quantitative estimate of drug-likeness (QED) is 0.234. The van der Waals surface area contributed by atoms with Crippen LogP contribution in [0.5, 0.6) is 5.75 Å². The lowest BCUT2D eigenvalue weighted by Gasteiger charge is -2.38. The molecular formula is C40H64N8O. The highest BCUT2D eigenvalue weighted by Crippen LogP contribution is 2.46. The lowest BCUT2D eigenvalue weighted by Crippen LogP contribution is -2.61. The van der Waals surface area contributed by atoms with Gasteiger partial charge in [-0.15, -0.1) is 0 Å². The van der Waals surface area contributed by atoms with E-state index >= 15 is 0 Å². The van der Waals surface area contributed by atoms with Gasteiger partial charge in [0.15, 0.2) is 0 Å². The summed E-state index contributed by atoms with van der Waals surface area (Å²) in [5.41, 5.74) is 2.57. The predicted molar refractivity (Wildman–Crippen MR) is 193 cm³/mol. The standard InChI is InChI=1S/C40H64N8O/c1-21-15-18-32(22(2)19-21)49-23-16-17-30-31(20-23)40-47-38-29-14-8-7-13-28(29)36(45-38)43-34-25-10-4-3-9-24(25)33(41-34)42-35-26-11-5-6-12-27(26)37(44-35)46-39(30)48-40/h15,18-19,23-31,33-48H,3-14,16-17,20H2,1-2H3. The van der Waals surface area contributed by atoms with Gasteiger partial charge in [0.1, 0.15) is 5.75 Å². The molecule has 1 aromatic rings. The van der Waals surface area contributed by atoms with Crippen molar-refractivity contribution in [2.75, 3.05) is 0 Å². The first kappa shape index (κ1) is 32.4. The van der Waals surface area contributed by atoms with E-state index in [2.05, 4.69) is 74.6 Å². The van der Waals surface area contributed by atoms with E-state index in [4.69, 9.17) is 4.74 Å². The maximum Gasteiger partial charge on any atom is 0.122 e.